The van der Waals surface area contributed by atoms with E-state index < -0.39 is 11.5 Å². The summed E-state index contributed by atoms with van der Waals surface area (Å²) in [6.07, 6.45) is 1.15. The van der Waals surface area contributed by atoms with Crippen LogP contribution in [0.3, 0.4) is 0 Å². The van der Waals surface area contributed by atoms with Crippen molar-refractivity contribution < 1.29 is 14.3 Å². The zero-order valence-corrected chi connectivity index (χ0v) is 12.0. The Hall–Kier alpha value is -1.61. The van der Waals surface area contributed by atoms with Crippen molar-refractivity contribution in [2.75, 3.05) is 26.3 Å². The van der Waals surface area contributed by atoms with Crippen LogP contribution >= 0.6 is 0 Å². The van der Waals surface area contributed by atoms with Crippen LogP contribution < -0.4 is 5.32 Å². The van der Waals surface area contributed by atoms with E-state index in [1.54, 1.807) is 11.8 Å². The summed E-state index contributed by atoms with van der Waals surface area (Å²) in [6.45, 7) is 5.87. The quantitative estimate of drug-likeness (QED) is 0.805. The van der Waals surface area contributed by atoms with Gasteiger partial charge in [0.1, 0.15) is 11.5 Å². The average molecular weight is 279 g/mol. The topological polar surface area (TPSA) is 82.4 Å². The maximum absolute atomic E-state index is 12.2. The number of ether oxygens (including phenoxy) is 1. The molecule has 1 atom stereocenters. The number of carbonyl (C=O) groups is 2. The Labute approximate surface area is 119 Å². The van der Waals surface area contributed by atoms with Crippen LogP contribution in [-0.2, 0) is 14.3 Å². The van der Waals surface area contributed by atoms with Crippen LogP contribution in [0.25, 0.3) is 0 Å². The average Bonchev–Trinajstić information content (AvgIpc) is 2.43. The van der Waals surface area contributed by atoms with Crippen molar-refractivity contribution in [2.45, 2.75) is 32.7 Å². The van der Waals surface area contributed by atoms with E-state index in [-0.39, 0.29) is 11.8 Å². The molecular weight excluding hydrogens is 258 g/mol. The molecule has 1 aliphatic heterocycles. The third-order valence-corrected chi connectivity index (χ3v) is 4.08. The highest BCUT2D eigenvalue weighted by Gasteiger charge is 2.49. The number of morpholine rings is 1. The van der Waals surface area contributed by atoms with Crippen LogP contribution in [0, 0.1) is 22.7 Å². The van der Waals surface area contributed by atoms with Gasteiger partial charge in [0.2, 0.25) is 11.8 Å². The Morgan fingerprint density at radius 3 is 2.50 bits per heavy atom. The lowest BCUT2D eigenvalue weighted by molar-refractivity contribution is -0.143. The smallest absolute Gasteiger partial charge is 0.245 e. The molecule has 0 spiro atoms. The van der Waals surface area contributed by atoms with Crippen LogP contribution in [0.2, 0.25) is 0 Å². The van der Waals surface area contributed by atoms with Crippen LogP contribution in [0.5, 0.6) is 0 Å². The fourth-order valence-corrected chi connectivity index (χ4v) is 2.91. The second kappa shape index (κ2) is 5.80. The van der Waals surface area contributed by atoms with E-state index in [2.05, 4.69) is 11.4 Å². The fraction of sp³-hybridized carbons (Fsp3) is 0.786. The molecule has 1 aliphatic carbocycles. The Balaban J connectivity index is 1.90. The molecule has 20 heavy (non-hydrogen) atoms. The van der Waals surface area contributed by atoms with Crippen LogP contribution in [-0.4, -0.2) is 49.1 Å². The van der Waals surface area contributed by atoms with Gasteiger partial charge >= 0.3 is 0 Å². The Morgan fingerprint density at radius 1 is 1.40 bits per heavy atom. The van der Waals surface area contributed by atoms with Crippen molar-refractivity contribution >= 4 is 11.8 Å². The van der Waals surface area contributed by atoms with Crippen molar-refractivity contribution in [1.82, 2.24) is 10.2 Å². The second-order valence-corrected chi connectivity index (χ2v) is 5.84. The van der Waals surface area contributed by atoms with E-state index in [1.807, 2.05) is 6.92 Å². The monoisotopic (exact) mass is 279 g/mol. The van der Waals surface area contributed by atoms with Gasteiger partial charge in [-0.2, -0.15) is 5.26 Å². The standard InChI is InChI=1S/C14H21N3O3/c1-10-7-14(8-10,9-15)13(19)16-11(2)12(18)17-3-5-20-6-4-17/h10-11H,3-8H2,1-2H3,(H,16,19). The molecule has 1 saturated heterocycles. The number of hydrogen-bond donors (Lipinski definition) is 1. The molecule has 1 unspecified atom stereocenters. The van der Waals surface area contributed by atoms with E-state index in [0.29, 0.717) is 45.1 Å². The summed E-state index contributed by atoms with van der Waals surface area (Å²) in [4.78, 5) is 26.1. The van der Waals surface area contributed by atoms with Crippen molar-refractivity contribution in [3.8, 4) is 6.07 Å². The van der Waals surface area contributed by atoms with Gasteiger partial charge in [0.15, 0.2) is 0 Å². The number of nitriles is 1. The first-order valence-corrected chi connectivity index (χ1v) is 7.07. The molecule has 1 heterocycles. The maximum Gasteiger partial charge on any atom is 0.245 e. The lowest BCUT2D eigenvalue weighted by atomic mass is 9.63. The van der Waals surface area contributed by atoms with Crippen LogP contribution in [0.15, 0.2) is 0 Å². The first-order valence-electron chi connectivity index (χ1n) is 7.07. The first-order chi connectivity index (χ1) is 9.48. The molecule has 1 saturated carbocycles. The largest absolute Gasteiger partial charge is 0.378 e. The van der Waals surface area contributed by atoms with E-state index in [9.17, 15) is 14.9 Å². The van der Waals surface area contributed by atoms with Gasteiger partial charge in [0.25, 0.3) is 0 Å². The molecule has 2 aliphatic rings. The molecular formula is C14H21N3O3. The molecule has 0 aromatic heterocycles. The van der Waals surface area contributed by atoms with E-state index >= 15 is 0 Å². The highest BCUT2D eigenvalue weighted by atomic mass is 16.5. The summed E-state index contributed by atoms with van der Waals surface area (Å²) in [6, 6.07) is 1.52. The van der Waals surface area contributed by atoms with Gasteiger partial charge < -0.3 is 15.0 Å². The Kier molecular flexibility index (Phi) is 4.29. The number of carbonyl (C=O) groups excluding carboxylic acids is 2. The highest BCUT2D eigenvalue weighted by molar-refractivity contribution is 5.92. The zero-order valence-electron chi connectivity index (χ0n) is 12.0. The number of hydrogen-bond acceptors (Lipinski definition) is 4. The summed E-state index contributed by atoms with van der Waals surface area (Å²) < 4.78 is 5.20. The van der Waals surface area contributed by atoms with Crippen molar-refractivity contribution in [3.05, 3.63) is 0 Å². The van der Waals surface area contributed by atoms with E-state index in [1.165, 1.54) is 0 Å². The predicted molar refractivity (Wildman–Crippen MR) is 71.4 cm³/mol. The molecule has 0 aromatic carbocycles. The molecule has 0 radical (unpaired) electrons. The number of nitrogens with zero attached hydrogens (tertiary/aromatic N) is 2. The van der Waals surface area contributed by atoms with E-state index in [0.717, 1.165) is 0 Å². The van der Waals surface area contributed by atoms with Gasteiger partial charge in [-0.05, 0) is 25.7 Å². The van der Waals surface area contributed by atoms with Gasteiger partial charge in [0, 0.05) is 13.1 Å². The van der Waals surface area contributed by atoms with Crippen molar-refractivity contribution in [1.29, 1.82) is 5.26 Å². The predicted octanol–water partition coefficient (Wildman–Crippen LogP) is 0.290. The summed E-state index contributed by atoms with van der Waals surface area (Å²) in [5.74, 6) is -0.0278. The summed E-state index contributed by atoms with van der Waals surface area (Å²) in [5, 5.41) is 11.9. The SMILES string of the molecule is CC1CC(C#N)(C(=O)NC(C)C(=O)N2CCOCC2)C1. The molecule has 2 rings (SSSR count). The minimum absolute atomic E-state index is 0.109. The van der Waals surface area contributed by atoms with Gasteiger partial charge in [-0.1, -0.05) is 6.92 Å². The highest BCUT2D eigenvalue weighted by Crippen LogP contribution is 2.45. The molecule has 6 heteroatoms. The van der Waals surface area contributed by atoms with Crippen molar-refractivity contribution in [3.63, 3.8) is 0 Å². The van der Waals surface area contributed by atoms with Crippen LogP contribution in [0.4, 0.5) is 0 Å². The molecule has 110 valence electrons. The summed E-state index contributed by atoms with van der Waals surface area (Å²) in [5.41, 5.74) is -0.932. The number of nitrogens with one attached hydrogen (secondary N) is 1. The molecule has 0 aromatic rings. The molecule has 6 nitrogen and oxygen atoms in total. The fourth-order valence-electron chi connectivity index (χ4n) is 2.91. The first kappa shape index (κ1) is 14.8. The van der Waals surface area contributed by atoms with Gasteiger partial charge in [-0.3, -0.25) is 9.59 Å². The summed E-state index contributed by atoms with van der Waals surface area (Å²) >= 11 is 0. The van der Waals surface area contributed by atoms with E-state index in [4.69, 9.17) is 4.74 Å². The molecule has 1 N–H and O–H groups in total. The zero-order chi connectivity index (χ0) is 14.8. The minimum atomic E-state index is -0.932. The third kappa shape index (κ3) is 2.78. The van der Waals surface area contributed by atoms with Gasteiger partial charge in [0.05, 0.1) is 19.3 Å². The second-order valence-electron chi connectivity index (χ2n) is 5.84. The molecule has 0 bridgehead atoms. The third-order valence-electron chi connectivity index (χ3n) is 4.08. The lowest BCUT2D eigenvalue weighted by Gasteiger charge is -2.40. The Bertz CT molecular complexity index is 431. The number of rotatable bonds is 3. The normalized spacial score (nSPS) is 30.9. The molecule has 2 fully saturated rings. The maximum atomic E-state index is 12.2. The molecule has 2 amide bonds. The lowest BCUT2D eigenvalue weighted by Crippen LogP contribution is -2.55. The van der Waals surface area contributed by atoms with Crippen LogP contribution in [0.1, 0.15) is 26.7 Å². The number of amides is 2. The van der Waals surface area contributed by atoms with Gasteiger partial charge in [-0.15, -0.1) is 0 Å². The summed E-state index contributed by atoms with van der Waals surface area (Å²) in [7, 11) is 0. The van der Waals surface area contributed by atoms with Gasteiger partial charge in [-0.25, -0.2) is 0 Å². The minimum Gasteiger partial charge on any atom is -0.378 e. The Morgan fingerprint density at radius 2 is 2.00 bits per heavy atom. The van der Waals surface area contributed by atoms with Crippen molar-refractivity contribution in [2.24, 2.45) is 11.3 Å².